The Balaban J connectivity index is 1.76. The lowest BCUT2D eigenvalue weighted by atomic mass is 10.1. The predicted molar refractivity (Wildman–Crippen MR) is 58.8 cm³/mol. The highest BCUT2D eigenvalue weighted by molar-refractivity contribution is 4.80. The van der Waals surface area contributed by atoms with Crippen LogP contribution in [0.2, 0.25) is 0 Å². The number of hydrogen-bond acceptors (Lipinski definition) is 4. The Kier molecular flexibility index (Phi) is 3.97. The SMILES string of the molecule is CC(N)C1CN(CC2CCCO2)CCO1. The van der Waals surface area contributed by atoms with E-state index in [1.54, 1.807) is 0 Å². The first-order valence-electron chi connectivity index (χ1n) is 5.97. The van der Waals surface area contributed by atoms with Gasteiger partial charge in [0.15, 0.2) is 0 Å². The molecule has 0 aliphatic carbocycles. The highest BCUT2D eigenvalue weighted by Crippen LogP contribution is 2.15. The molecule has 88 valence electrons. The first kappa shape index (κ1) is 11.3. The maximum atomic E-state index is 5.85. The van der Waals surface area contributed by atoms with E-state index >= 15 is 0 Å². The number of rotatable bonds is 3. The average Bonchev–Trinajstić information content (AvgIpc) is 2.71. The molecule has 15 heavy (non-hydrogen) atoms. The predicted octanol–water partition coefficient (Wildman–Crippen LogP) is 0.213. The van der Waals surface area contributed by atoms with Crippen LogP contribution in [0.5, 0.6) is 0 Å². The van der Waals surface area contributed by atoms with Crippen LogP contribution in [-0.2, 0) is 9.47 Å². The monoisotopic (exact) mass is 214 g/mol. The van der Waals surface area contributed by atoms with Gasteiger partial charge in [0.05, 0.1) is 18.8 Å². The van der Waals surface area contributed by atoms with Crippen molar-refractivity contribution in [2.75, 3.05) is 32.8 Å². The Morgan fingerprint density at radius 3 is 2.93 bits per heavy atom. The van der Waals surface area contributed by atoms with Crippen molar-refractivity contribution in [1.82, 2.24) is 4.90 Å². The molecule has 0 radical (unpaired) electrons. The van der Waals surface area contributed by atoms with E-state index in [2.05, 4.69) is 4.90 Å². The number of nitrogens with zero attached hydrogens (tertiary/aromatic N) is 1. The van der Waals surface area contributed by atoms with Gasteiger partial charge in [0, 0.05) is 32.3 Å². The summed E-state index contributed by atoms with van der Waals surface area (Å²) in [7, 11) is 0. The van der Waals surface area contributed by atoms with Crippen molar-refractivity contribution in [2.24, 2.45) is 5.73 Å². The summed E-state index contributed by atoms with van der Waals surface area (Å²) in [5.74, 6) is 0. The molecule has 0 bridgehead atoms. The third-order valence-electron chi connectivity index (χ3n) is 3.25. The van der Waals surface area contributed by atoms with Crippen molar-refractivity contribution < 1.29 is 9.47 Å². The van der Waals surface area contributed by atoms with E-state index in [0.717, 1.165) is 32.8 Å². The van der Waals surface area contributed by atoms with Gasteiger partial charge in [-0.3, -0.25) is 4.90 Å². The molecule has 2 N–H and O–H groups in total. The molecule has 4 heteroatoms. The third-order valence-corrected chi connectivity index (χ3v) is 3.25. The molecule has 4 nitrogen and oxygen atoms in total. The molecule has 0 aromatic heterocycles. The zero-order chi connectivity index (χ0) is 10.7. The molecule has 2 saturated heterocycles. The van der Waals surface area contributed by atoms with Gasteiger partial charge in [0.25, 0.3) is 0 Å². The fraction of sp³-hybridized carbons (Fsp3) is 1.00. The number of hydrogen-bond donors (Lipinski definition) is 1. The van der Waals surface area contributed by atoms with E-state index < -0.39 is 0 Å². The van der Waals surface area contributed by atoms with Crippen LogP contribution < -0.4 is 5.73 Å². The third kappa shape index (κ3) is 3.14. The maximum Gasteiger partial charge on any atom is 0.0850 e. The summed E-state index contributed by atoms with van der Waals surface area (Å²) >= 11 is 0. The van der Waals surface area contributed by atoms with Gasteiger partial charge < -0.3 is 15.2 Å². The quantitative estimate of drug-likeness (QED) is 0.730. The summed E-state index contributed by atoms with van der Waals surface area (Å²) < 4.78 is 11.3. The number of ether oxygens (including phenoxy) is 2. The lowest BCUT2D eigenvalue weighted by Gasteiger charge is -2.35. The maximum absolute atomic E-state index is 5.85. The summed E-state index contributed by atoms with van der Waals surface area (Å²) in [5, 5.41) is 0. The first-order valence-corrected chi connectivity index (χ1v) is 5.97. The minimum absolute atomic E-state index is 0.122. The standard InChI is InChI=1S/C11H22N2O2/c1-9(12)11-8-13(4-6-15-11)7-10-3-2-5-14-10/h9-11H,2-8,12H2,1H3. The minimum Gasteiger partial charge on any atom is -0.377 e. The molecule has 0 aromatic rings. The van der Waals surface area contributed by atoms with E-state index in [1.807, 2.05) is 6.92 Å². The van der Waals surface area contributed by atoms with Crippen molar-refractivity contribution >= 4 is 0 Å². The Morgan fingerprint density at radius 1 is 1.40 bits per heavy atom. The highest BCUT2D eigenvalue weighted by atomic mass is 16.5. The average molecular weight is 214 g/mol. The van der Waals surface area contributed by atoms with E-state index in [-0.39, 0.29) is 12.1 Å². The largest absolute Gasteiger partial charge is 0.377 e. The molecule has 0 aromatic carbocycles. The van der Waals surface area contributed by atoms with Crippen LogP contribution in [0.3, 0.4) is 0 Å². The molecule has 2 aliphatic heterocycles. The van der Waals surface area contributed by atoms with Crippen molar-refractivity contribution in [2.45, 2.75) is 38.0 Å². The lowest BCUT2D eigenvalue weighted by molar-refractivity contribution is -0.0506. The van der Waals surface area contributed by atoms with Crippen LogP contribution in [0.1, 0.15) is 19.8 Å². The molecule has 2 heterocycles. The van der Waals surface area contributed by atoms with Crippen LogP contribution >= 0.6 is 0 Å². The number of morpholine rings is 1. The molecule has 2 fully saturated rings. The first-order chi connectivity index (χ1) is 7.25. The smallest absolute Gasteiger partial charge is 0.0850 e. The van der Waals surface area contributed by atoms with E-state index in [0.29, 0.717) is 6.10 Å². The molecule has 2 aliphatic rings. The fourth-order valence-electron chi connectivity index (χ4n) is 2.29. The molecule has 3 atom stereocenters. The van der Waals surface area contributed by atoms with Crippen LogP contribution in [0.25, 0.3) is 0 Å². The van der Waals surface area contributed by atoms with Crippen LogP contribution in [0, 0.1) is 0 Å². The van der Waals surface area contributed by atoms with Crippen LogP contribution in [0.15, 0.2) is 0 Å². The molecular formula is C11H22N2O2. The summed E-state index contributed by atoms with van der Waals surface area (Å²) in [6.07, 6.45) is 3.06. The molecule has 0 spiro atoms. The zero-order valence-corrected chi connectivity index (χ0v) is 9.52. The van der Waals surface area contributed by atoms with Crippen molar-refractivity contribution in [1.29, 1.82) is 0 Å². The van der Waals surface area contributed by atoms with Gasteiger partial charge in [-0.1, -0.05) is 0 Å². The zero-order valence-electron chi connectivity index (χ0n) is 9.52. The highest BCUT2D eigenvalue weighted by Gasteiger charge is 2.26. The second-order valence-electron chi connectivity index (χ2n) is 4.66. The van der Waals surface area contributed by atoms with Gasteiger partial charge >= 0.3 is 0 Å². The van der Waals surface area contributed by atoms with E-state index in [1.165, 1.54) is 12.8 Å². The summed E-state index contributed by atoms with van der Waals surface area (Å²) in [6.45, 7) is 6.78. The Labute approximate surface area is 91.7 Å². The van der Waals surface area contributed by atoms with Crippen molar-refractivity contribution in [3.8, 4) is 0 Å². The molecular weight excluding hydrogens is 192 g/mol. The molecule has 0 saturated carbocycles. The second-order valence-corrected chi connectivity index (χ2v) is 4.66. The van der Waals surface area contributed by atoms with E-state index in [4.69, 9.17) is 15.2 Å². The normalized spacial score (nSPS) is 35.6. The van der Waals surface area contributed by atoms with Gasteiger partial charge in [-0.25, -0.2) is 0 Å². The Bertz CT molecular complexity index is 191. The molecule has 3 unspecified atom stereocenters. The summed E-state index contributed by atoms with van der Waals surface area (Å²) in [6, 6.07) is 0.122. The fourth-order valence-corrected chi connectivity index (χ4v) is 2.29. The van der Waals surface area contributed by atoms with Crippen LogP contribution in [0.4, 0.5) is 0 Å². The Hall–Kier alpha value is -0.160. The molecule has 0 amide bonds. The van der Waals surface area contributed by atoms with Crippen LogP contribution in [-0.4, -0.2) is 56.0 Å². The van der Waals surface area contributed by atoms with Gasteiger partial charge in [0.1, 0.15) is 0 Å². The van der Waals surface area contributed by atoms with Gasteiger partial charge in [-0.15, -0.1) is 0 Å². The number of nitrogens with two attached hydrogens (primary N) is 1. The summed E-state index contributed by atoms with van der Waals surface area (Å²) in [5.41, 5.74) is 5.85. The van der Waals surface area contributed by atoms with Gasteiger partial charge in [-0.05, 0) is 19.8 Å². The lowest BCUT2D eigenvalue weighted by Crippen LogP contribution is -2.51. The van der Waals surface area contributed by atoms with E-state index in [9.17, 15) is 0 Å². The summed E-state index contributed by atoms with van der Waals surface area (Å²) in [4.78, 5) is 2.42. The van der Waals surface area contributed by atoms with Crippen molar-refractivity contribution in [3.05, 3.63) is 0 Å². The second kappa shape index (κ2) is 5.25. The van der Waals surface area contributed by atoms with Gasteiger partial charge in [-0.2, -0.15) is 0 Å². The minimum atomic E-state index is 0.122. The molecule has 2 rings (SSSR count). The van der Waals surface area contributed by atoms with Crippen molar-refractivity contribution in [3.63, 3.8) is 0 Å². The topological polar surface area (TPSA) is 47.7 Å². The Morgan fingerprint density at radius 2 is 2.27 bits per heavy atom. The van der Waals surface area contributed by atoms with Gasteiger partial charge in [0.2, 0.25) is 0 Å².